The summed E-state index contributed by atoms with van der Waals surface area (Å²) in [5.74, 6) is 1.02. The molecule has 2 rings (SSSR count). The van der Waals surface area contributed by atoms with Gasteiger partial charge in [-0.2, -0.15) is 0 Å². The number of nitrogens with zero attached hydrogens (tertiary/aromatic N) is 1. The third-order valence-corrected chi connectivity index (χ3v) is 3.69. The molecule has 2 N–H and O–H groups in total. The van der Waals surface area contributed by atoms with Crippen LogP contribution in [-0.4, -0.2) is 23.3 Å². The van der Waals surface area contributed by atoms with E-state index >= 15 is 0 Å². The van der Waals surface area contributed by atoms with Gasteiger partial charge in [-0.05, 0) is 25.5 Å². The number of aliphatic imine (C=N–C) groups is 1. The third-order valence-electron chi connectivity index (χ3n) is 2.67. The summed E-state index contributed by atoms with van der Waals surface area (Å²) in [4.78, 5) is 16.2. The van der Waals surface area contributed by atoms with Crippen LogP contribution in [0, 0.1) is 0 Å². The van der Waals surface area contributed by atoms with Crippen molar-refractivity contribution in [3.8, 4) is 0 Å². The second-order valence-electron chi connectivity index (χ2n) is 3.96. The summed E-state index contributed by atoms with van der Waals surface area (Å²) < 4.78 is 5.30. The molecule has 0 saturated carbocycles. The summed E-state index contributed by atoms with van der Waals surface area (Å²) in [6.45, 7) is 2.39. The summed E-state index contributed by atoms with van der Waals surface area (Å²) in [6, 6.07) is 9.01. The zero-order valence-electron chi connectivity index (χ0n) is 10.8. The Kier molecular flexibility index (Phi) is 4.63. The van der Waals surface area contributed by atoms with Gasteiger partial charge in [0.05, 0.1) is 6.61 Å². The van der Waals surface area contributed by atoms with Crippen LogP contribution in [0.4, 0.5) is 0 Å². The molecule has 1 aliphatic rings. The number of amides is 1. The molecule has 1 aromatic rings. The van der Waals surface area contributed by atoms with Crippen molar-refractivity contribution in [2.24, 2.45) is 10.7 Å². The number of rotatable bonds is 3. The molecule has 1 fully saturated rings. The van der Waals surface area contributed by atoms with Crippen molar-refractivity contribution >= 4 is 22.7 Å². The first-order valence-electron chi connectivity index (χ1n) is 6.15. The number of carbonyl (C=O) groups is 1. The maximum absolute atomic E-state index is 12.0. The van der Waals surface area contributed by atoms with Crippen LogP contribution in [-0.2, 0) is 4.74 Å². The molecular formula is C14H16N2O2S. The molecular weight excluding hydrogens is 260 g/mol. The van der Waals surface area contributed by atoms with Crippen molar-refractivity contribution in [2.75, 3.05) is 12.4 Å². The molecule has 1 amide bonds. The van der Waals surface area contributed by atoms with Gasteiger partial charge in [0.1, 0.15) is 5.04 Å². The lowest BCUT2D eigenvalue weighted by molar-refractivity contribution is 0.100. The second kappa shape index (κ2) is 6.43. The van der Waals surface area contributed by atoms with Gasteiger partial charge in [0.15, 0.2) is 5.88 Å². The average molecular weight is 276 g/mol. The first kappa shape index (κ1) is 13.7. The van der Waals surface area contributed by atoms with E-state index in [2.05, 4.69) is 4.99 Å². The standard InChI is InChI=1S/C14H16N2O2S/c1-2-18-12(15)11-8-9-19-14(11)16-13(17)10-6-4-3-5-7-10/h3-7H,2,8-9,15H2,1H3/b12-11+,16-14?. The van der Waals surface area contributed by atoms with Crippen LogP contribution >= 0.6 is 11.8 Å². The van der Waals surface area contributed by atoms with Gasteiger partial charge in [-0.15, -0.1) is 11.8 Å². The Morgan fingerprint density at radius 3 is 2.84 bits per heavy atom. The van der Waals surface area contributed by atoms with Gasteiger partial charge in [0.2, 0.25) is 0 Å². The van der Waals surface area contributed by atoms with Gasteiger partial charge in [0, 0.05) is 16.9 Å². The van der Waals surface area contributed by atoms with Crippen LogP contribution < -0.4 is 5.73 Å². The highest BCUT2D eigenvalue weighted by Crippen LogP contribution is 2.28. The molecule has 0 bridgehead atoms. The van der Waals surface area contributed by atoms with Gasteiger partial charge in [-0.25, -0.2) is 4.99 Å². The van der Waals surface area contributed by atoms with Crippen LogP contribution in [0.1, 0.15) is 23.7 Å². The van der Waals surface area contributed by atoms with Crippen LogP contribution in [0.3, 0.4) is 0 Å². The highest BCUT2D eigenvalue weighted by molar-refractivity contribution is 8.14. The molecule has 0 spiro atoms. The van der Waals surface area contributed by atoms with Gasteiger partial charge in [-0.3, -0.25) is 4.79 Å². The zero-order valence-corrected chi connectivity index (χ0v) is 11.6. The van der Waals surface area contributed by atoms with Crippen molar-refractivity contribution < 1.29 is 9.53 Å². The summed E-state index contributed by atoms with van der Waals surface area (Å²) in [6.07, 6.45) is 0.789. The Balaban J connectivity index is 2.23. The van der Waals surface area contributed by atoms with E-state index in [9.17, 15) is 4.79 Å². The highest BCUT2D eigenvalue weighted by atomic mass is 32.2. The molecule has 100 valence electrons. The zero-order chi connectivity index (χ0) is 13.7. The minimum Gasteiger partial charge on any atom is -0.479 e. The van der Waals surface area contributed by atoms with E-state index in [4.69, 9.17) is 10.5 Å². The molecule has 0 atom stereocenters. The van der Waals surface area contributed by atoms with E-state index in [0.717, 1.165) is 17.7 Å². The predicted octanol–water partition coefficient (Wildman–Crippen LogP) is 2.57. The molecule has 1 heterocycles. The van der Waals surface area contributed by atoms with Crippen LogP contribution in [0.2, 0.25) is 0 Å². The number of nitrogens with two attached hydrogens (primary N) is 1. The Hall–Kier alpha value is -1.75. The van der Waals surface area contributed by atoms with E-state index in [1.54, 1.807) is 12.1 Å². The molecule has 1 saturated heterocycles. The Morgan fingerprint density at radius 2 is 2.16 bits per heavy atom. The molecule has 1 aromatic carbocycles. The second-order valence-corrected chi connectivity index (χ2v) is 5.05. The number of hydrogen-bond donors (Lipinski definition) is 1. The lowest BCUT2D eigenvalue weighted by Gasteiger charge is -2.06. The number of hydrogen-bond acceptors (Lipinski definition) is 4. The quantitative estimate of drug-likeness (QED) is 0.862. The topological polar surface area (TPSA) is 64.7 Å². The van der Waals surface area contributed by atoms with E-state index in [0.29, 0.717) is 23.1 Å². The largest absolute Gasteiger partial charge is 0.479 e. The molecule has 0 aromatic heterocycles. The van der Waals surface area contributed by atoms with Crippen molar-refractivity contribution in [3.05, 3.63) is 47.4 Å². The molecule has 5 heteroatoms. The van der Waals surface area contributed by atoms with Gasteiger partial charge in [-0.1, -0.05) is 18.2 Å². The van der Waals surface area contributed by atoms with Crippen molar-refractivity contribution in [2.45, 2.75) is 13.3 Å². The van der Waals surface area contributed by atoms with Crippen LogP contribution in [0.15, 0.2) is 46.8 Å². The molecule has 0 unspecified atom stereocenters. The maximum Gasteiger partial charge on any atom is 0.278 e. The fourth-order valence-electron chi connectivity index (χ4n) is 1.75. The fourth-order valence-corrected chi connectivity index (χ4v) is 2.78. The van der Waals surface area contributed by atoms with E-state index in [1.807, 2.05) is 25.1 Å². The Labute approximate surface area is 116 Å². The maximum atomic E-state index is 12.0. The van der Waals surface area contributed by atoms with Gasteiger partial charge in [0.25, 0.3) is 5.91 Å². The lowest BCUT2D eigenvalue weighted by atomic mass is 10.2. The molecule has 1 aliphatic heterocycles. The van der Waals surface area contributed by atoms with E-state index in [-0.39, 0.29) is 5.91 Å². The third kappa shape index (κ3) is 3.38. The SMILES string of the molecule is CCO/C(N)=C1\CCSC1=NC(=O)c1ccccc1. The van der Waals surface area contributed by atoms with Crippen molar-refractivity contribution in [1.82, 2.24) is 0 Å². The highest BCUT2D eigenvalue weighted by Gasteiger charge is 2.21. The van der Waals surface area contributed by atoms with E-state index < -0.39 is 0 Å². The van der Waals surface area contributed by atoms with Crippen molar-refractivity contribution in [1.29, 1.82) is 0 Å². The number of thioether (sulfide) groups is 1. The van der Waals surface area contributed by atoms with Crippen LogP contribution in [0.25, 0.3) is 0 Å². The number of benzene rings is 1. The monoisotopic (exact) mass is 276 g/mol. The molecule has 0 aliphatic carbocycles. The predicted molar refractivity (Wildman–Crippen MR) is 78.1 cm³/mol. The van der Waals surface area contributed by atoms with E-state index in [1.165, 1.54) is 11.8 Å². The first-order chi connectivity index (χ1) is 9.22. The van der Waals surface area contributed by atoms with Gasteiger partial charge >= 0.3 is 0 Å². The number of carbonyl (C=O) groups excluding carboxylic acids is 1. The summed E-state index contributed by atoms with van der Waals surface area (Å²) in [5.41, 5.74) is 7.27. The van der Waals surface area contributed by atoms with Crippen LogP contribution in [0.5, 0.6) is 0 Å². The van der Waals surface area contributed by atoms with Gasteiger partial charge < -0.3 is 10.5 Å². The molecule has 4 nitrogen and oxygen atoms in total. The number of ether oxygens (including phenoxy) is 1. The van der Waals surface area contributed by atoms with Crippen molar-refractivity contribution in [3.63, 3.8) is 0 Å². The fraction of sp³-hybridized carbons (Fsp3) is 0.286. The first-order valence-corrected chi connectivity index (χ1v) is 7.13. The normalized spacial score (nSPS) is 19.5. The summed E-state index contributed by atoms with van der Waals surface area (Å²) >= 11 is 1.54. The summed E-state index contributed by atoms with van der Waals surface area (Å²) in [7, 11) is 0. The summed E-state index contributed by atoms with van der Waals surface area (Å²) in [5, 5.41) is 0.680. The smallest absolute Gasteiger partial charge is 0.278 e. The minimum atomic E-state index is -0.244. The minimum absolute atomic E-state index is 0.244. The molecule has 19 heavy (non-hydrogen) atoms. The Bertz CT molecular complexity index is 524. The Morgan fingerprint density at radius 1 is 1.42 bits per heavy atom. The molecule has 0 radical (unpaired) electrons. The lowest BCUT2D eigenvalue weighted by Crippen LogP contribution is -2.10. The average Bonchev–Trinajstić information content (AvgIpc) is 2.88.